The molecule has 0 fully saturated rings. The minimum Gasteiger partial charge on any atom is -0.482 e. The first-order valence-electron chi connectivity index (χ1n) is 6.47. The van der Waals surface area contributed by atoms with Gasteiger partial charge in [0, 0.05) is 12.8 Å². The summed E-state index contributed by atoms with van der Waals surface area (Å²) < 4.78 is 11.0. The van der Waals surface area contributed by atoms with Crippen molar-refractivity contribution in [1.29, 1.82) is 0 Å². The van der Waals surface area contributed by atoms with Gasteiger partial charge < -0.3 is 14.4 Å². The normalized spacial score (nSPS) is 18.9. The van der Waals surface area contributed by atoms with Crippen LogP contribution in [0.5, 0.6) is 5.75 Å². The van der Waals surface area contributed by atoms with Crippen molar-refractivity contribution in [3.05, 3.63) is 41.5 Å². The molecule has 5 nitrogen and oxygen atoms in total. The predicted molar refractivity (Wildman–Crippen MR) is 67.8 cm³/mol. The van der Waals surface area contributed by atoms with Gasteiger partial charge in [0.05, 0.1) is 6.10 Å². The molecular formula is C14H16N2O3. The molecule has 0 spiro atoms. The number of para-hydroxylation sites is 1. The molecule has 1 N–H and O–H groups in total. The van der Waals surface area contributed by atoms with Crippen LogP contribution in [0.15, 0.2) is 28.8 Å². The third-order valence-corrected chi connectivity index (χ3v) is 3.19. The maximum Gasteiger partial charge on any atom is 0.226 e. The first-order chi connectivity index (χ1) is 9.22. The summed E-state index contributed by atoms with van der Waals surface area (Å²) in [5.74, 6) is 2.02. The summed E-state index contributed by atoms with van der Waals surface area (Å²) in [4.78, 5) is 4.33. The second kappa shape index (κ2) is 5.01. The third kappa shape index (κ3) is 2.61. The summed E-state index contributed by atoms with van der Waals surface area (Å²) in [6.07, 6.45) is 1.45. The Labute approximate surface area is 111 Å². The molecule has 2 aromatic rings. The molecule has 19 heavy (non-hydrogen) atoms. The van der Waals surface area contributed by atoms with Gasteiger partial charge in [-0.1, -0.05) is 23.4 Å². The van der Waals surface area contributed by atoms with Crippen molar-refractivity contribution in [3.63, 3.8) is 0 Å². The van der Waals surface area contributed by atoms with Gasteiger partial charge in [-0.15, -0.1) is 0 Å². The molecule has 2 unspecified atom stereocenters. The van der Waals surface area contributed by atoms with Gasteiger partial charge >= 0.3 is 0 Å². The van der Waals surface area contributed by atoms with Crippen LogP contribution in [-0.2, 0) is 12.8 Å². The van der Waals surface area contributed by atoms with Crippen molar-refractivity contribution < 1.29 is 14.4 Å². The van der Waals surface area contributed by atoms with Gasteiger partial charge in [-0.2, -0.15) is 4.98 Å². The molecule has 100 valence electrons. The summed E-state index contributed by atoms with van der Waals surface area (Å²) in [5, 5.41) is 13.2. The number of aliphatic hydroxyl groups excluding tert-OH is 1. The van der Waals surface area contributed by atoms with Crippen molar-refractivity contribution in [2.24, 2.45) is 0 Å². The third-order valence-electron chi connectivity index (χ3n) is 3.19. The maximum atomic E-state index is 9.24. The average molecular weight is 260 g/mol. The number of aryl methyl sites for hydroxylation is 1. The van der Waals surface area contributed by atoms with Gasteiger partial charge in [0.25, 0.3) is 0 Å². The van der Waals surface area contributed by atoms with E-state index in [0.29, 0.717) is 24.6 Å². The van der Waals surface area contributed by atoms with Crippen LogP contribution in [0.2, 0.25) is 0 Å². The zero-order valence-corrected chi connectivity index (χ0v) is 10.7. The lowest BCUT2D eigenvalue weighted by Gasteiger charge is -2.04. The molecule has 0 bridgehead atoms. The van der Waals surface area contributed by atoms with Crippen molar-refractivity contribution in [2.75, 3.05) is 0 Å². The fourth-order valence-corrected chi connectivity index (χ4v) is 2.16. The zero-order chi connectivity index (χ0) is 13.2. The first kappa shape index (κ1) is 12.2. The number of benzene rings is 1. The van der Waals surface area contributed by atoms with E-state index in [1.807, 2.05) is 24.3 Å². The topological polar surface area (TPSA) is 68.4 Å². The lowest BCUT2D eigenvalue weighted by atomic mass is 10.1. The molecular weight excluding hydrogens is 244 g/mol. The molecule has 2 atom stereocenters. The predicted octanol–water partition coefficient (Wildman–Crippen LogP) is 2.06. The summed E-state index contributed by atoms with van der Waals surface area (Å²) in [5.41, 5.74) is 1.17. The second-order valence-electron chi connectivity index (χ2n) is 4.85. The Hall–Kier alpha value is -1.88. The van der Waals surface area contributed by atoms with E-state index < -0.39 is 0 Å². The molecule has 1 aromatic heterocycles. The number of aliphatic hydroxyl groups is 1. The Balaban J connectivity index is 1.68. The Morgan fingerprint density at radius 1 is 1.42 bits per heavy atom. The number of fused-ring (bicyclic) bond motifs is 1. The minimum absolute atomic E-state index is 0.165. The van der Waals surface area contributed by atoms with Crippen LogP contribution in [-0.4, -0.2) is 21.4 Å². The van der Waals surface area contributed by atoms with Crippen molar-refractivity contribution in [2.45, 2.75) is 38.4 Å². The largest absolute Gasteiger partial charge is 0.482 e. The van der Waals surface area contributed by atoms with Crippen molar-refractivity contribution in [3.8, 4) is 5.75 Å². The fourth-order valence-electron chi connectivity index (χ4n) is 2.16. The monoisotopic (exact) mass is 260 g/mol. The highest BCUT2D eigenvalue weighted by molar-refractivity contribution is 5.37. The first-order valence-corrected chi connectivity index (χ1v) is 6.47. The van der Waals surface area contributed by atoms with Crippen LogP contribution in [0.3, 0.4) is 0 Å². The minimum atomic E-state index is -0.359. The smallest absolute Gasteiger partial charge is 0.226 e. The van der Waals surface area contributed by atoms with Crippen molar-refractivity contribution in [1.82, 2.24) is 10.1 Å². The quantitative estimate of drug-likeness (QED) is 0.911. The Kier molecular flexibility index (Phi) is 3.21. The SMILES string of the molecule is CC(O)CCc1nc(C2Cc3ccccc3O2)no1. The van der Waals surface area contributed by atoms with Crippen LogP contribution in [0.25, 0.3) is 0 Å². The lowest BCUT2D eigenvalue weighted by molar-refractivity contribution is 0.180. The maximum absolute atomic E-state index is 9.24. The van der Waals surface area contributed by atoms with Gasteiger partial charge in [0.15, 0.2) is 6.10 Å². The van der Waals surface area contributed by atoms with Gasteiger partial charge in [0.2, 0.25) is 11.7 Å². The summed E-state index contributed by atoms with van der Waals surface area (Å²) in [6.45, 7) is 1.74. The van der Waals surface area contributed by atoms with E-state index in [1.54, 1.807) is 6.92 Å². The molecule has 3 rings (SSSR count). The lowest BCUT2D eigenvalue weighted by Crippen LogP contribution is -2.06. The average Bonchev–Trinajstić information content (AvgIpc) is 3.02. The molecule has 1 aliphatic rings. The molecule has 0 amide bonds. The molecule has 0 aliphatic carbocycles. The van der Waals surface area contributed by atoms with E-state index in [0.717, 1.165) is 12.2 Å². The molecule has 0 saturated heterocycles. The van der Waals surface area contributed by atoms with E-state index in [4.69, 9.17) is 9.26 Å². The Bertz CT molecular complexity index is 540. The van der Waals surface area contributed by atoms with Gasteiger partial charge in [0.1, 0.15) is 5.75 Å². The van der Waals surface area contributed by atoms with E-state index >= 15 is 0 Å². The molecule has 1 aromatic carbocycles. The van der Waals surface area contributed by atoms with Crippen LogP contribution in [0.1, 0.15) is 36.7 Å². The number of nitrogens with zero attached hydrogens (tertiary/aromatic N) is 2. The Morgan fingerprint density at radius 3 is 3.05 bits per heavy atom. The molecule has 1 aliphatic heterocycles. The highest BCUT2D eigenvalue weighted by Gasteiger charge is 2.28. The van der Waals surface area contributed by atoms with Crippen molar-refractivity contribution >= 4 is 0 Å². The number of ether oxygens (including phenoxy) is 1. The number of hydrogen-bond donors (Lipinski definition) is 1. The zero-order valence-electron chi connectivity index (χ0n) is 10.7. The molecule has 0 radical (unpaired) electrons. The van der Waals surface area contributed by atoms with E-state index in [1.165, 1.54) is 5.56 Å². The molecule has 2 heterocycles. The van der Waals surface area contributed by atoms with Gasteiger partial charge in [-0.25, -0.2) is 0 Å². The number of hydrogen-bond acceptors (Lipinski definition) is 5. The number of rotatable bonds is 4. The van der Waals surface area contributed by atoms with E-state index in [2.05, 4.69) is 10.1 Å². The highest BCUT2D eigenvalue weighted by atomic mass is 16.5. The summed E-state index contributed by atoms with van der Waals surface area (Å²) in [6, 6.07) is 7.94. The van der Waals surface area contributed by atoms with E-state index in [-0.39, 0.29) is 12.2 Å². The van der Waals surface area contributed by atoms with Crippen LogP contribution >= 0.6 is 0 Å². The van der Waals surface area contributed by atoms with Gasteiger partial charge in [-0.3, -0.25) is 0 Å². The van der Waals surface area contributed by atoms with Gasteiger partial charge in [-0.05, 0) is 25.0 Å². The second-order valence-corrected chi connectivity index (χ2v) is 4.85. The standard InChI is InChI=1S/C14H16N2O3/c1-9(17)6-7-13-15-14(16-19-13)12-8-10-4-2-3-5-11(10)18-12/h2-5,9,12,17H,6-8H2,1H3. The van der Waals surface area contributed by atoms with E-state index in [9.17, 15) is 5.11 Å². The summed E-state index contributed by atoms with van der Waals surface area (Å²) >= 11 is 0. The number of aromatic nitrogens is 2. The molecule has 5 heteroatoms. The fraction of sp³-hybridized carbons (Fsp3) is 0.429. The van der Waals surface area contributed by atoms with Crippen LogP contribution in [0.4, 0.5) is 0 Å². The van der Waals surface area contributed by atoms with Crippen LogP contribution in [0, 0.1) is 0 Å². The molecule has 0 saturated carbocycles. The Morgan fingerprint density at radius 2 is 2.26 bits per heavy atom. The van der Waals surface area contributed by atoms with Crippen LogP contribution < -0.4 is 4.74 Å². The summed E-state index contributed by atoms with van der Waals surface area (Å²) in [7, 11) is 0. The highest BCUT2D eigenvalue weighted by Crippen LogP contribution is 2.35.